The molecule has 0 atom stereocenters. The normalized spacial score (nSPS) is 12.2. The average Bonchev–Trinajstić information content (AvgIpc) is 3.18. The Morgan fingerprint density at radius 2 is 1.74 bits per heavy atom. The van der Waals surface area contributed by atoms with E-state index in [-0.39, 0.29) is 17.1 Å². The van der Waals surface area contributed by atoms with Crippen LogP contribution in [-0.4, -0.2) is 24.7 Å². The number of nitrogens with one attached hydrogen (secondary N) is 1. The maximum Gasteiger partial charge on any atom is 0.288 e. The number of rotatable bonds is 8. The summed E-state index contributed by atoms with van der Waals surface area (Å²) in [7, 11) is -3.71. The van der Waals surface area contributed by atoms with Crippen LogP contribution in [0.15, 0.2) is 71.6 Å². The summed E-state index contributed by atoms with van der Waals surface area (Å²) in [6.45, 7) is 8.58. The van der Waals surface area contributed by atoms with Gasteiger partial charge in [0, 0.05) is 19.0 Å². The second-order valence-corrected chi connectivity index (χ2v) is 9.27. The molecule has 31 heavy (non-hydrogen) atoms. The summed E-state index contributed by atoms with van der Waals surface area (Å²) < 4.78 is 56.8. The summed E-state index contributed by atoms with van der Waals surface area (Å²) in [6, 6.07) is 14.8. The first-order valence-corrected chi connectivity index (χ1v) is 11.3. The third kappa shape index (κ3) is 5.26. The summed E-state index contributed by atoms with van der Waals surface area (Å²) in [6.07, 6.45) is 0.674. The average molecular weight is 446 g/mol. The van der Waals surface area contributed by atoms with Crippen LogP contribution >= 0.6 is 0 Å². The molecule has 0 saturated heterocycles. The molecule has 5 nitrogen and oxygen atoms in total. The van der Waals surface area contributed by atoms with Crippen LogP contribution in [0.1, 0.15) is 31.5 Å². The summed E-state index contributed by atoms with van der Waals surface area (Å²) in [5, 5.41) is 4.10. The van der Waals surface area contributed by atoms with Crippen molar-refractivity contribution in [3.63, 3.8) is 0 Å². The summed E-state index contributed by atoms with van der Waals surface area (Å²) in [5.74, 6) is -3.11. The smallest absolute Gasteiger partial charge is 0.233 e. The first-order chi connectivity index (χ1) is 14.5. The molecule has 8 heteroatoms. The molecule has 0 fully saturated rings. The predicted octanol–water partition coefficient (Wildman–Crippen LogP) is 5.20. The SMILES string of the molecule is C=C(CC)CNS(=O)(=O)c1ccc(-n2nc(C(C)(F)F)cc2-c2ccc(C)cc2)cc1. The molecule has 0 saturated carbocycles. The summed E-state index contributed by atoms with van der Waals surface area (Å²) in [4.78, 5) is 0.0743. The number of alkyl halides is 2. The fraction of sp³-hybridized carbons (Fsp3) is 0.261. The van der Waals surface area contributed by atoms with Crippen molar-refractivity contribution in [1.82, 2.24) is 14.5 Å². The Kier molecular flexibility index (Phi) is 6.43. The van der Waals surface area contributed by atoms with Gasteiger partial charge in [-0.2, -0.15) is 13.9 Å². The standard InChI is InChI=1S/C23H25F2N3O2S/c1-5-16(2)15-26-31(29,30)20-12-10-19(11-13-20)28-21(14-22(27-28)23(4,24)25)18-8-6-17(3)7-9-18/h6-14,26H,2,5,15H2,1,3-4H3. The van der Waals surface area contributed by atoms with Gasteiger partial charge in [0.15, 0.2) is 0 Å². The molecule has 0 aliphatic rings. The van der Waals surface area contributed by atoms with E-state index >= 15 is 0 Å². The van der Waals surface area contributed by atoms with E-state index in [4.69, 9.17) is 0 Å². The van der Waals surface area contributed by atoms with E-state index in [1.54, 1.807) is 12.1 Å². The Hall–Kier alpha value is -2.84. The highest BCUT2D eigenvalue weighted by Crippen LogP contribution is 2.32. The highest BCUT2D eigenvalue weighted by Gasteiger charge is 2.29. The molecule has 3 rings (SSSR count). The van der Waals surface area contributed by atoms with Crippen LogP contribution in [0.4, 0.5) is 8.78 Å². The van der Waals surface area contributed by atoms with Crippen LogP contribution in [0.3, 0.4) is 0 Å². The Labute approximate surface area is 181 Å². The van der Waals surface area contributed by atoms with Gasteiger partial charge < -0.3 is 0 Å². The van der Waals surface area contributed by atoms with Crippen molar-refractivity contribution >= 4 is 10.0 Å². The van der Waals surface area contributed by atoms with E-state index < -0.39 is 15.9 Å². The van der Waals surface area contributed by atoms with Gasteiger partial charge in [-0.3, -0.25) is 0 Å². The molecule has 2 aromatic carbocycles. The highest BCUT2D eigenvalue weighted by molar-refractivity contribution is 7.89. The first-order valence-electron chi connectivity index (χ1n) is 9.83. The quantitative estimate of drug-likeness (QED) is 0.485. The van der Waals surface area contributed by atoms with E-state index in [0.29, 0.717) is 17.8 Å². The maximum absolute atomic E-state index is 14.0. The molecule has 1 heterocycles. The Morgan fingerprint density at radius 1 is 1.13 bits per heavy atom. The predicted molar refractivity (Wildman–Crippen MR) is 118 cm³/mol. The number of hydrogen-bond donors (Lipinski definition) is 1. The fourth-order valence-electron chi connectivity index (χ4n) is 2.89. The van der Waals surface area contributed by atoms with Gasteiger partial charge in [-0.05, 0) is 43.7 Å². The molecule has 0 aliphatic carbocycles. The number of hydrogen-bond acceptors (Lipinski definition) is 3. The number of nitrogens with zero attached hydrogens (tertiary/aromatic N) is 2. The van der Waals surface area contributed by atoms with E-state index in [0.717, 1.165) is 23.6 Å². The second kappa shape index (κ2) is 8.72. The first kappa shape index (κ1) is 22.8. The van der Waals surface area contributed by atoms with Gasteiger partial charge in [0.1, 0.15) is 5.69 Å². The van der Waals surface area contributed by atoms with Gasteiger partial charge in [-0.25, -0.2) is 17.8 Å². The fourth-order valence-corrected chi connectivity index (χ4v) is 3.95. The lowest BCUT2D eigenvalue weighted by molar-refractivity contribution is 0.0124. The van der Waals surface area contributed by atoms with Crippen molar-refractivity contribution in [3.05, 3.63) is 78.0 Å². The van der Waals surface area contributed by atoms with Crippen molar-refractivity contribution < 1.29 is 17.2 Å². The largest absolute Gasteiger partial charge is 0.288 e. The Balaban J connectivity index is 1.99. The topological polar surface area (TPSA) is 64.0 Å². The zero-order chi connectivity index (χ0) is 22.8. The van der Waals surface area contributed by atoms with Crippen molar-refractivity contribution in [1.29, 1.82) is 0 Å². The molecule has 0 unspecified atom stereocenters. The zero-order valence-electron chi connectivity index (χ0n) is 17.7. The van der Waals surface area contributed by atoms with Crippen LogP contribution in [0.5, 0.6) is 0 Å². The number of aromatic nitrogens is 2. The molecule has 0 spiro atoms. The van der Waals surface area contributed by atoms with Crippen molar-refractivity contribution in [3.8, 4) is 16.9 Å². The number of sulfonamides is 1. The molecule has 3 aromatic rings. The van der Waals surface area contributed by atoms with E-state index in [1.807, 2.05) is 38.1 Å². The molecule has 0 amide bonds. The van der Waals surface area contributed by atoms with E-state index in [1.165, 1.54) is 22.9 Å². The minimum Gasteiger partial charge on any atom is -0.233 e. The Bertz CT molecular complexity index is 1180. The van der Waals surface area contributed by atoms with Gasteiger partial charge >= 0.3 is 0 Å². The Morgan fingerprint density at radius 3 is 2.29 bits per heavy atom. The number of halogens is 2. The van der Waals surface area contributed by atoms with Crippen LogP contribution in [-0.2, 0) is 15.9 Å². The summed E-state index contributed by atoms with van der Waals surface area (Å²) >= 11 is 0. The molecule has 0 bridgehead atoms. The van der Waals surface area contributed by atoms with Gasteiger partial charge in [-0.15, -0.1) is 0 Å². The molecule has 0 aliphatic heterocycles. The van der Waals surface area contributed by atoms with Crippen LogP contribution in [0.25, 0.3) is 16.9 Å². The highest BCUT2D eigenvalue weighted by atomic mass is 32.2. The molecular formula is C23H25F2N3O2S. The van der Waals surface area contributed by atoms with Crippen molar-refractivity contribution in [2.45, 2.75) is 38.0 Å². The van der Waals surface area contributed by atoms with Gasteiger partial charge in [0.25, 0.3) is 5.92 Å². The number of benzene rings is 2. The lowest BCUT2D eigenvalue weighted by atomic mass is 10.1. The minimum absolute atomic E-state index is 0.0743. The third-order valence-electron chi connectivity index (χ3n) is 4.91. The molecule has 0 radical (unpaired) electrons. The van der Waals surface area contributed by atoms with Crippen LogP contribution in [0, 0.1) is 6.92 Å². The molecule has 164 valence electrons. The van der Waals surface area contributed by atoms with Crippen molar-refractivity contribution in [2.75, 3.05) is 6.54 Å². The monoisotopic (exact) mass is 445 g/mol. The van der Waals surface area contributed by atoms with E-state index in [9.17, 15) is 17.2 Å². The van der Waals surface area contributed by atoms with Crippen molar-refractivity contribution in [2.24, 2.45) is 0 Å². The molecule has 1 aromatic heterocycles. The van der Waals surface area contributed by atoms with Gasteiger partial charge in [0.05, 0.1) is 16.3 Å². The number of aryl methyl sites for hydroxylation is 1. The zero-order valence-corrected chi connectivity index (χ0v) is 18.5. The van der Waals surface area contributed by atoms with E-state index in [2.05, 4.69) is 16.4 Å². The second-order valence-electron chi connectivity index (χ2n) is 7.50. The lowest BCUT2D eigenvalue weighted by Gasteiger charge is -2.11. The molecule has 1 N–H and O–H groups in total. The summed E-state index contributed by atoms with van der Waals surface area (Å²) in [5.41, 5.74) is 3.15. The molecular weight excluding hydrogens is 420 g/mol. The van der Waals surface area contributed by atoms with Crippen LogP contribution < -0.4 is 4.72 Å². The third-order valence-corrected chi connectivity index (χ3v) is 6.33. The van der Waals surface area contributed by atoms with Gasteiger partial charge in [-0.1, -0.05) is 48.9 Å². The minimum atomic E-state index is -3.71. The van der Waals surface area contributed by atoms with Gasteiger partial charge in [0.2, 0.25) is 10.0 Å². The van der Waals surface area contributed by atoms with Crippen LogP contribution in [0.2, 0.25) is 0 Å². The lowest BCUT2D eigenvalue weighted by Crippen LogP contribution is -2.25. The maximum atomic E-state index is 14.0.